The zero-order chi connectivity index (χ0) is 22.1. The molecule has 30 heavy (non-hydrogen) atoms. The van der Waals surface area contributed by atoms with E-state index in [1.807, 2.05) is 0 Å². The van der Waals surface area contributed by atoms with Crippen LogP contribution < -0.4 is 4.31 Å². The Labute approximate surface area is 174 Å². The van der Waals surface area contributed by atoms with Gasteiger partial charge in [0.1, 0.15) is 15.4 Å². The fraction of sp³-hybridized carbons (Fsp3) is 0.438. The van der Waals surface area contributed by atoms with Crippen LogP contribution >= 0.6 is 11.3 Å². The maximum Gasteiger partial charge on any atom is 0.314 e. The first-order valence-corrected chi connectivity index (χ1v) is 11.0. The zero-order valence-electron chi connectivity index (χ0n) is 16.2. The second kappa shape index (κ2) is 8.07. The van der Waals surface area contributed by atoms with Crippen LogP contribution in [-0.2, 0) is 22.1 Å². The van der Waals surface area contributed by atoms with Gasteiger partial charge in [0.25, 0.3) is 11.8 Å². The molecule has 0 saturated carbocycles. The lowest BCUT2D eigenvalue weighted by Gasteiger charge is -2.21. The quantitative estimate of drug-likeness (QED) is 0.504. The minimum absolute atomic E-state index is 0.116. The van der Waals surface area contributed by atoms with E-state index in [1.165, 1.54) is 30.2 Å². The fourth-order valence-electron chi connectivity index (χ4n) is 2.33. The summed E-state index contributed by atoms with van der Waals surface area (Å²) in [5, 5.41) is 20.6. The van der Waals surface area contributed by atoms with E-state index in [4.69, 9.17) is 4.42 Å². The molecule has 0 fully saturated rings. The highest BCUT2D eigenvalue weighted by molar-refractivity contribution is 7.92. The third-order valence-electron chi connectivity index (χ3n) is 4.07. The number of nitrogens with zero attached hydrogens (tertiary/aromatic N) is 7. The topological polar surface area (TPSA) is 131 Å². The Kier molecular flexibility index (Phi) is 5.86. The number of hydrogen-bond acceptors (Lipinski definition) is 9. The molecule has 0 aliphatic carbocycles. The van der Waals surface area contributed by atoms with Gasteiger partial charge in [0, 0.05) is 0 Å². The van der Waals surface area contributed by atoms with Gasteiger partial charge in [-0.3, -0.25) is 8.99 Å². The lowest BCUT2D eigenvalue weighted by Crippen LogP contribution is -2.31. The average Bonchev–Trinajstić information content (AvgIpc) is 3.45. The molecule has 0 aromatic carbocycles. The highest BCUT2D eigenvalue weighted by atomic mass is 32.2. The Hall–Kier alpha value is -2.92. The van der Waals surface area contributed by atoms with Crippen molar-refractivity contribution in [2.24, 2.45) is 0 Å². The van der Waals surface area contributed by atoms with E-state index in [2.05, 4.69) is 26.3 Å². The molecule has 14 heteroatoms. The number of thiazole rings is 1. The van der Waals surface area contributed by atoms with Crippen molar-refractivity contribution in [1.29, 1.82) is 5.26 Å². The average molecular weight is 457 g/mol. The predicted octanol–water partition coefficient (Wildman–Crippen LogP) is 2.94. The molecule has 0 radical (unpaired) electrons. The lowest BCUT2D eigenvalue weighted by atomic mass is 10.1. The molecule has 3 rings (SSSR count). The molecule has 0 saturated heterocycles. The SMILES string of the molecule is CCS(=O)(=O)N(Cc1ncc(-c2nnc(C(F)F)o2)s1)c1cnn(C(C)(C)C#N)c1. The number of sulfonamides is 1. The van der Waals surface area contributed by atoms with Crippen LogP contribution in [0.15, 0.2) is 23.0 Å². The van der Waals surface area contributed by atoms with E-state index in [-0.39, 0.29) is 23.9 Å². The molecule has 0 N–H and O–H groups in total. The lowest BCUT2D eigenvalue weighted by molar-refractivity contribution is 0.116. The largest absolute Gasteiger partial charge is 0.414 e. The minimum atomic E-state index is -3.70. The van der Waals surface area contributed by atoms with Crippen molar-refractivity contribution < 1.29 is 21.6 Å². The Morgan fingerprint density at radius 1 is 1.37 bits per heavy atom. The summed E-state index contributed by atoms with van der Waals surface area (Å²) >= 11 is 1.04. The maximum atomic E-state index is 12.7. The molecule has 0 unspecified atom stereocenters. The van der Waals surface area contributed by atoms with Crippen LogP contribution in [0.25, 0.3) is 10.8 Å². The maximum absolute atomic E-state index is 12.7. The Morgan fingerprint density at radius 2 is 2.10 bits per heavy atom. The van der Waals surface area contributed by atoms with Crippen molar-refractivity contribution in [3.8, 4) is 16.8 Å². The van der Waals surface area contributed by atoms with Crippen molar-refractivity contribution in [3.05, 3.63) is 29.5 Å². The van der Waals surface area contributed by atoms with Crippen molar-refractivity contribution in [1.82, 2.24) is 25.0 Å². The molecular formula is C16H17F2N7O3S2. The number of nitriles is 1. The van der Waals surface area contributed by atoms with Gasteiger partial charge in [-0.05, 0) is 20.8 Å². The number of halogens is 2. The molecule has 160 valence electrons. The molecule has 0 atom stereocenters. The summed E-state index contributed by atoms with van der Waals surface area (Å²) in [7, 11) is -3.70. The monoisotopic (exact) mass is 457 g/mol. The van der Waals surface area contributed by atoms with Gasteiger partial charge in [-0.1, -0.05) is 0 Å². The van der Waals surface area contributed by atoms with Gasteiger partial charge < -0.3 is 4.42 Å². The van der Waals surface area contributed by atoms with Crippen LogP contribution in [0.3, 0.4) is 0 Å². The van der Waals surface area contributed by atoms with Crippen LogP contribution in [0, 0.1) is 11.3 Å². The van der Waals surface area contributed by atoms with Crippen LogP contribution in [0.2, 0.25) is 0 Å². The van der Waals surface area contributed by atoms with Crippen molar-refractivity contribution in [2.75, 3.05) is 10.1 Å². The highest BCUT2D eigenvalue weighted by Crippen LogP contribution is 2.30. The third-order valence-corrected chi connectivity index (χ3v) is 6.79. The summed E-state index contributed by atoms with van der Waals surface area (Å²) in [5.74, 6) is -1.09. The molecule has 3 aromatic heterocycles. The zero-order valence-corrected chi connectivity index (χ0v) is 17.8. The van der Waals surface area contributed by atoms with E-state index in [0.29, 0.717) is 9.88 Å². The van der Waals surface area contributed by atoms with Crippen LogP contribution in [-0.4, -0.2) is 39.1 Å². The number of aromatic nitrogens is 5. The number of alkyl halides is 2. The first-order valence-electron chi connectivity index (χ1n) is 8.61. The number of anilines is 1. The summed E-state index contributed by atoms with van der Waals surface area (Å²) in [5.41, 5.74) is -0.691. The first-order chi connectivity index (χ1) is 14.1. The molecule has 0 spiro atoms. The Bertz CT molecular complexity index is 1180. The summed E-state index contributed by atoms with van der Waals surface area (Å²) in [6.07, 6.45) is 1.28. The van der Waals surface area contributed by atoms with Crippen molar-refractivity contribution in [2.45, 2.75) is 39.3 Å². The standard InChI is InChI=1S/C16H17F2N7O3S2/c1-4-30(26,27)24(10-5-21-25(7-10)16(2,3)9-19)8-12-20-6-11(29-12)14-22-23-15(28-14)13(17)18/h5-7,13H,4,8H2,1-3H3. The summed E-state index contributed by atoms with van der Waals surface area (Å²) < 4.78 is 58.0. The van der Waals surface area contributed by atoms with E-state index in [1.54, 1.807) is 13.8 Å². The second-order valence-electron chi connectivity index (χ2n) is 6.59. The van der Waals surface area contributed by atoms with Gasteiger partial charge in [-0.15, -0.1) is 21.5 Å². The predicted molar refractivity (Wildman–Crippen MR) is 103 cm³/mol. The second-order valence-corrected chi connectivity index (χ2v) is 9.88. The third kappa shape index (κ3) is 4.31. The number of hydrogen-bond donors (Lipinski definition) is 0. The van der Waals surface area contributed by atoms with Gasteiger partial charge in [-0.25, -0.2) is 13.4 Å². The van der Waals surface area contributed by atoms with Gasteiger partial charge in [-0.2, -0.15) is 19.1 Å². The minimum Gasteiger partial charge on any atom is -0.414 e. The van der Waals surface area contributed by atoms with Crippen LogP contribution in [0.1, 0.15) is 38.1 Å². The highest BCUT2D eigenvalue weighted by Gasteiger charge is 2.27. The van der Waals surface area contributed by atoms with Gasteiger partial charge in [0.2, 0.25) is 10.0 Å². The Balaban J connectivity index is 1.90. The van der Waals surface area contributed by atoms with E-state index in [0.717, 1.165) is 15.6 Å². The Morgan fingerprint density at radius 3 is 2.70 bits per heavy atom. The van der Waals surface area contributed by atoms with Crippen molar-refractivity contribution in [3.63, 3.8) is 0 Å². The molecule has 3 heterocycles. The van der Waals surface area contributed by atoms with Gasteiger partial charge in [0.05, 0.1) is 42.6 Å². The fourth-order valence-corrected chi connectivity index (χ4v) is 4.29. The molecular weight excluding hydrogens is 440 g/mol. The van der Waals surface area contributed by atoms with Gasteiger partial charge >= 0.3 is 6.43 Å². The molecule has 0 bridgehead atoms. The summed E-state index contributed by atoms with van der Waals surface area (Å²) in [4.78, 5) is 4.48. The van der Waals surface area contributed by atoms with Crippen molar-refractivity contribution >= 4 is 27.0 Å². The van der Waals surface area contributed by atoms with E-state index < -0.39 is 27.9 Å². The molecule has 10 nitrogen and oxygen atoms in total. The molecule has 0 amide bonds. The summed E-state index contributed by atoms with van der Waals surface area (Å²) in [6.45, 7) is 4.68. The molecule has 0 aliphatic rings. The smallest absolute Gasteiger partial charge is 0.314 e. The van der Waals surface area contributed by atoms with Crippen LogP contribution in [0.4, 0.5) is 14.5 Å². The van der Waals surface area contributed by atoms with Gasteiger partial charge in [0.15, 0.2) is 0 Å². The van der Waals surface area contributed by atoms with Crippen LogP contribution in [0.5, 0.6) is 0 Å². The van der Waals surface area contributed by atoms with E-state index in [9.17, 15) is 22.5 Å². The molecule has 0 aliphatic heterocycles. The normalized spacial score (nSPS) is 12.3. The summed E-state index contributed by atoms with van der Waals surface area (Å²) in [6, 6.07) is 2.09. The van der Waals surface area contributed by atoms with E-state index >= 15 is 0 Å². The first kappa shape index (κ1) is 21.8. The number of rotatable bonds is 8. The molecule has 3 aromatic rings.